The second-order valence-electron chi connectivity index (χ2n) is 3.88. The summed E-state index contributed by atoms with van der Waals surface area (Å²) < 4.78 is 24.0. The molecule has 0 heterocycles. The lowest BCUT2D eigenvalue weighted by molar-refractivity contribution is 0.103. The number of carbonyl (C=O) groups excluding carboxylic acids is 1. The molecule has 0 atom stereocenters. The number of benzene rings is 2. The molecule has 0 amide bonds. The number of hydrogen-bond donors (Lipinski definition) is 0. The fourth-order valence-electron chi connectivity index (χ4n) is 1.77. The Hall–Kier alpha value is -2.36. The molecule has 0 aliphatic rings. The highest BCUT2D eigenvalue weighted by molar-refractivity contribution is 6.09. The van der Waals surface area contributed by atoms with Gasteiger partial charge in [-0.3, -0.25) is 4.79 Å². The number of carbonyl (C=O) groups is 1. The van der Waals surface area contributed by atoms with Crippen LogP contribution in [0.1, 0.15) is 15.9 Å². The number of hydrogen-bond acceptors (Lipinski definition) is 3. The van der Waals surface area contributed by atoms with Gasteiger partial charge in [0.25, 0.3) is 0 Å². The summed E-state index contributed by atoms with van der Waals surface area (Å²) >= 11 is 0. The van der Waals surface area contributed by atoms with Crippen molar-refractivity contribution < 1.29 is 18.7 Å². The highest BCUT2D eigenvalue weighted by atomic mass is 19.1. The molecule has 19 heavy (non-hydrogen) atoms. The first-order chi connectivity index (χ1) is 9.17. The minimum absolute atomic E-state index is 0.0381. The van der Waals surface area contributed by atoms with Crippen LogP contribution in [0.2, 0.25) is 0 Å². The second-order valence-corrected chi connectivity index (χ2v) is 3.88. The smallest absolute Gasteiger partial charge is 0.196 e. The van der Waals surface area contributed by atoms with Gasteiger partial charge in [0.05, 0.1) is 19.8 Å². The van der Waals surface area contributed by atoms with E-state index in [1.165, 1.54) is 20.3 Å². The van der Waals surface area contributed by atoms with Crippen molar-refractivity contribution in [3.63, 3.8) is 0 Å². The molecule has 0 spiro atoms. The zero-order valence-corrected chi connectivity index (χ0v) is 10.6. The SMILES string of the molecule is COc1cc(F)c(C(=O)c2ccccc2)cc1OC. The number of ether oxygens (including phenoxy) is 2. The summed E-state index contributed by atoms with van der Waals surface area (Å²) in [6.07, 6.45) is 0. The largest absolute Gasteiger partial charge is 0.493 e. The Morgan fingerprint density at radius 3 is 2.16 bits per heavy atom. The third kappa shape index (κ3) is 2.57. The van der Waals surface area contributed by atoms with E-state index >= 15 is 0 Å². The van der Waals surface area contributed by atoms with Crippen molar-refractivity contribution in [1.82, 2.24) is 0 Å². The van der Waals surface area contributed by atoms with E-state index < -0.39 is 5.82 Å². The van der Waals surface area contributed by atoms with E-state index in [9.17, 15) is 9.18 Å². The molecule has 0 bridgehead atoms. The molecule has 0 saturated heterocycles. The number of methoxy groups -OCH3 is 2. The van der Waals surface area contributed by atoms with Crippen molar-refractivity contribution >= 4 is 5.78 Å². The first-order valence-corrected chi connectivity index (χ1v) is 5.68. The normalized spacial score (nSPS) is 10.1. The van der Waals surface area contributed by atoms with Gasteiger partial charge in [-0.1, -0.05) is 30.3 Å². The highest BCUT2D eigenvalue weighted by Crippen LogP contribution is 2.30. The molecular formula is C15H13FO3. The predicted octanol–water partition coefficient (Wildman–Crippen LogP) is 3.07. The minimum Gasteiger partial charge on any atom is -0.493 e. The molecule has 0 unspecified atom stereocenters. The van der Waals surface area contributed by atoms with Crippen LogP contribution in [-0.4, -0.2) is 20.0 Å². The lowest BCUT2D eigenvalue weighted by atomic mass is 10.0. The molecule has 0 aliphatic heterocycles. The van der Waals surface area contributed by atoms with Crippen molar-refractivity contribution in [3.05, 3.63) is 59.4 Å². The molecule has 0 radical (unpaired) electrons. The minimum atomic E-state index is -0.633. The molecule has 0 aliphatic carbocycles. The van der Waals surface area contributed by atoms with Gasteiger partial charge in [-0.25, -0.2) is 4.39 Å². The Morgan fingerprint density at radius 2 is 1.58 bits per heavy atom. The monoisotopic (exact) mass is 260 g/mol. The molecule has 4 heteroatoms. The first-order valence-electron chi connectivity index (χ1n) is 5.68. The van der Waals surface area contributed by atoms with Gasteiger partial charge < -0.3 is 9.47 Å². The van der Waals surface area contributed by atoms with Crippen molar-refractivity contribution in [3.8, 4) is 11.5 Å². The molecule has 2 aromatic rings. The summed E-state index contributed by atoms with van der Waals surface area (Å²) in [7, 11) is 2.85. The Labute approximate surface area is 110 Å². The Balaban J connectivity index is 2.48. The average molecular weight is 260 g/mol. The number of rotatable bonds is 4. The lowest BCUT2D eigenvalue weighted by Crippen LogP contribution is -2.05. The Morgan fingerprint density at radius 1 is 1.00 bits per heavy atom. The van der Waals surface area contributed by atoms with Crippen LogP contribution in [0, 0.1) is 5.82 Å². The molecule has 0 aromatic heterocycles. The van der Waals surface area contributed by atoms with Gasteiger partial charge in [0.15, 0.2) is 17.3 Å². The van der Waals surface area contributed by atoms with Crippen molar-refractivity contribution in [2.75, 3.05) is 14.2 Å². The lowest BCUT2D eigenvalue weighted by Gasteiger charge is -2.10. The van der Waals surface area contributed by atoms with E-state index in [1.54, 1.807) is 30.3 Å². The summed E-state index contributed by atoms with van der Waals surface area (Å²) in [5, 5.41) is 0. The Bertz CT molecular complexity index is 594. The summed E-state index contributed by atoms with van der Waals surface area (Å²) in [6, 6.07) is 11.0. The van der Waals surface area contributed by atoms with Gasteiger partial charge >= 0.3 is 0 Å². The maximum atomic E-state index is 13.9. The maximum absolute atomic E-state index is 13.9. The molecule has 98 valence electrons. The van der Waals surface area contributed by atoms with E-state index in [0.29, 0.717) is 11.3 Å². The molecule has 0 fully saturated rings. The van der Waals surface area contributed by atoms with Crippen LogP contribution < -0.4 is 9.47 Å². The third-order valence-electron chi connectivity index (χ3n) is 2.75. The summed E-state index contributed by atoms with van der Waals surface area (Å²) in [6.45, 7) is 0. The summed E-state index contributed by atoms with van der Waals surface area (Å²) in [4.78, 5) is 12.2. The topological polar surface area (TPSA) is 35.5 Å². The average Bonchev–Trinajstić information content (AvgIpc) is 2.47. The molecule has 0 saturated carbocycles. The van der Waals surface area contributed by atoms with E-state index in [2.05, 4.69) is 0 Å². The van der Waals surface area contributed by atoms with Crippen molar-refractivity contribution in [2.24, 2.45) is 0 Å². The number of ketones is 1. The van der Waals surface area contributed by atoms with Gasteiger partial charge in [-0.15, -0.1) is 0 Å². The molecular weight excluding hydrogens is 247 g/mol. The predicted molar refractivity (Wildman–Crippen MR) is 69.4 cm³/mol. The summed E-state index contributed by atoms with van der Waals surface area (Å²) in [5.74, 6) is -0.446. The third-order valence-corrected chi connectivity index (χ3v) is 2.75. The van der Waals surface area contributed by atoms with E-state index in [1.807, 2.05) is 0 Å². The van der Waals surface area contributed by atoms with Gasteiger partial charge in [0.2, 0.25) is 0 Å². The molecule has 0 N–H and O–H groups in total. The molecule has 2 rings (SSSR count). The zero-order valence-electron chi connectivity index (χ0n) is 10.6. The molecule has 3 nitrogen and oxygen atoms in total. The fraction of sp³-hybridized carbons (Fsp3) is 0.133. The van der Waals surface area contributed by atoms with Crippen LogP contribution >= 0.6 is 0 Å². The van der Waals surface area contributed by atoms with Gasteiger partial charge in [0.1, 0.15) is 5.82 Å². The highest BCUT2D eigenvalue weighted by Gasteiger charge is 2.18. The van der Waals surface area contributed by atoms with Crippen LogP contribution in [0.25, 0.3) is 0 Å². The maximum Gasteiger partial charge on any atom is 0.196 e. The summed E-state index contributed by atoms with van der Waals surface area (Å²) in [5.41, 5.74) is 0.387. The number of halogens is 1. The Kier molecular flexibility index (Phi) is 3.80. The van der Waals surface area contributed by atoms with Crippen molar-refractivity contribution in [2.45, 2.75) is 0 Å². The van der Waals surface area contributed by atoms with Crippen LogP contribution in [-0.2, 0) is 0 Å². The molecule has 2 aromatic carbocycles. The zero-order chi connectivity index (χ0) is 13.8. The van der Waals surface area contributed by atoms with E-state index in [4.69, 9.17) is 9.47 Å². The van der Waals surface area contributed by atoms with Crippen molar-refractivity contribution in [1.29, 1.82) is 0 Å². The van der Waals surface area contributed by atoms with Crippen LogP contribution in [0.15, 0.2) is 42.5 Å². The van der Waals surface area contributed by atoms with Gasteiger partial charge in [-0.2, -0.15) is 0 Å². The van der Waals surface area contributed by atoms with Crippen LogP contribution in [0.4, 0.5) is 4.39 Å². The van der Waals surface area contributed by atoms with Crippen LogP contribution in [0.5, 0.6) is 11.5 Å². The quantitative estimate of drug-likeness (QED) is 0.792. The van der Waals surface area contributed by atoms with E-state index in [0.717, 1.165) is 6.07 Å². The van der Waals surface area contributed by atoms with E-state index in [-0.39, 0.29) is 17.1 Å². The van der Waals surface area contributed by atoms with Gasteiger partial charge in [0, 0.05) is 11.6 Å². The second kappa shape index (κ2) is 5.52. The standard InChI is InChI=1S/C15H13FO3/c1-18-13-8-11(12(16)9-14(13)19-2)15(17)10-6-4-3-5-7-10/h3-9H,1-2H3. The first kappa shape index (κ1) is 13.1. The fourth-order valence-corrected chi connectivity index (χ4v) is 1.77. The van der Waals surface area contributed by atoms with Crippen LogP contribution in [0.3, 0.4) is 0 Å². The van der Waals surface area contributed by atoms with Gasteiger partial charge in [-0.05, 0) is 6.07 Å².